The molecule has 1 saturated carbocycles. The van der Waals surface area contributed by atoms with Crippen LogP contribution >= 0.6 is 0 Å². The highest BCUT2D eigenvalue weighted by Crippen LogP contribution is 2.41. The number of amides is 1. The average molecular weight is 259 g/mol. The van der Waals surface area contributed by atoms with Gasteiger partial charge in [0.2, 0.25) is 5.91 Å². The van der Waals surface area contributed by atoms with Gasteiger partial charge in [0.15, 0.2) is 0 Å². The highest BCUT2D eigenvalue weighted by Gasteiger charge is 2.49. The standard InChI is InChI=1S/C14H13NO4/c1-15(13(16)9-6-10(9)14(17)18)11-7-19-12-5-3-2-4-8(11)12/h2-5,7,9-10H,6H2,1H3,(H,17,18). The van der Waals surface area contributed by atoms with Crippen LogP contribution in [0, 0.1) is 11.8 Å². The summed E-state index contributed by atoms with van der Waals surface area (Å²) in [5.41, 5.74) is 1.39. The minimum atomic E-state index is -0.899. The normalized spacial score (nSPS) is 21.3. The van der Waals surface area contributed by atoms with Crippen LogP contribution in [0.15, 0.2) is 34.9 Å². The monoisotopic (exact) mass is 259 g/mol. The minimum Gasteiger partial charge on any atom is -0.481 e. The Morgan fingerprint density at radius 1 is 1.32 bits per heavy atom. The third-order valence-corrected chi connectivity index (χ3v) is 3.58. The quantitative estimate of drug-likeness (QED) is 0.916. The fourth-order valence-electron chi connectivity index (χ4n) is 2.33. The molecule has 1 aromatic heterocycles. The molecule has 2 unspecified atom stereocenters. The van der Waals surface area contributed by atoms with Gasteiger partial charge in [-0.05, 0) is 18.6 Å². The van der Waals surface area contributed by atoms with E-state index in [1.54, 1.807) is 7.05 Å². The van der Waals surface area contributed by atoms with Crippen molar-refractivity contribution in [2.45, 2.75) is 6.42 Å². The Labute approximate surface area is 109 Å². The van der Waals surface area contributed by atoms with Gasteiger partial charge in [0, 0.05) is 12.4 Å². The fourth-order valence-corrected chi connectivity index (χ4v) is 2.33. The molecule has 0 saturated heterocycles. The lowest BCUT2D eigenvalue weighted by Crippen LogP contribution is -2.28. The van der Waals surface area contributed by atoms with Crippen LogP contribution in [-0.4, -0.2) is 24.0 Å². The van der Waals surface area contributed by atoms with E-state index in [1.807, 2.05) is 24.3 Å². The molecule has 0 spiro atoms. The number of para-hydroxylation sites is 1. The molecule has 2 aromatic rings. The van der Waals surface area contributed by atoms with Crippen molar-refractivity contribution in [3.05, 3.63) is 30.5 Å². The highest BCUT2D eigenvalue weighted by atomic mass is 16.4. The van der Waals surface area contributed by atoms with Gasteiger partial charge in [-0.25, -0.2) is 0 Å². The molecule has 5 heteroatoms. The van der Waals surface area contributed by atoms with Crippen molar-refractivity contribution in [2.75, 3.05) is 11.9 Å². The summed E-state index contributed by atoms with van der Waals surface area (Å²) in [5.74, 6) is -2.01. The van der Waals surface area contributed by atoms with Crippen LogP contribution in [0.2, 0.25) is 0 Å². The number of hydrogen-bond donors (Lipinski definition) is 1. The molecule has 1 heterocycles. The van der Waals surface area contributed by atoms with Crippen molar-refractivity contribution < 1.29 is 19.1 Å². The smallest absolute Gasteiger partial charge is 0.307 e. The molecular weight excluding hydrogens is 246 g/mol. The van der Waals surface area contributed by atoms with E-state index in [0.29, 0.717) is 17.7 Å². The molecule has 5 nitrogen and oxygen atoms in total. The first-order valence-corrected chi connectivity index (χ1v) is 6.06. The Morgan fingerprint density at radius 3 is 2.74 bits per heavy atom. The zero-order valence-corrected chi connectivity index (χ0v) is 10.4. The molecule has 98 valence electrons. The van der Waals surface area contributed by atoms with Gasteiger partial charge in [0.05, 0.1) is 17.5 Å². The average Bonchev–Trinajstić information content (AvgIpc) is 3.10. The maximum atomic E-state index is 12.2. The molecule has 0 bridgehead atoms. The fraction of sp³-hybridized carbons (Fsp3) is 0.286. The number of fused-ring (bicyclic) bond motifs is 1. The molecule has 3 rings (SSSR count). The molecule has 1 aliphatic carbocycles. The lowest BCUT2D eigenvalue weighted by Gasteiger charge is -2.15. The number of benzene rings is 1. The van der Waals surface area contributed by atoms with Crippen molar-refractivity contribution in [3.8, 4) is 0 Å². The second-order valence-electron chi connectivity index (χ2n) is 4.80. The predicted molar refractivity (Wildman–Crippen MR) is 68.9 cm³/mol. The number of aliphatic carboxylic acids is 1. The number of carbonyl (C=O) groups is 2. The minimum absolute atomic E-state index is 0.168. The van der Waals surface area contributed by atoms with Crippen LogP contribution in [0.5, 0.6) is 0 Å². The molecule has 2 atom stereocenters. The molecule has 1 aromatic carbocycles. The third-order valence-electron chi connectivity index (χ3n) is 3.58. The number of carbonyl (C=O) groups excluding carboxylic acids is 1. The molecule has 0 aliphatic heterocycles. The molecule has 0 radical (unpaired) electrons. The van der Waals surface area contributed by atoms with Gasteiger partial charge in [-0.1, -0.05) is 12.1 Å². The van der Waals surface area contributed by atoms with Gasteiger partial charge in [-0.2, -0.15) is 0 Å². The van der Waals surface area contributed by atoms with Gasteiger partial charge in [0.1, 0.15) is 11.8 Å². The maximum absolute atomic E-state index is 12.2. The summed E-state index contributed by atoms with van der Waals surface area (Å²) in [7, 11) is 1.65. The lowest BCUT2D eigenvalue weighted by atomic mass is 10.2. The first kappa shape index (κ1) is 11.8. The van der Waals surface area contributed by atoms with Gasteiger partial charge < -0.3 is 14.4 Å². The van der Waals surface area contributed by atoms with Crippen LogP contribution < -0.4 is 4.90 Å². The second-order valence-corrected chi connectivity index (χ2v) is 4.80. The Balaban J connectivity index is 1.86. The van der Waals surface area contributed by atoms with Crippen molar-refractivity contribution in [1.82, 2.24) is 0 Å². The lowest BCUT2D eigenvalue weighted by molar-refractivity contribution is -0.139. The second kappa shape index (κ2) is 4.12. The summed E-state index contributed by atoms with van der Waals surface area (Å²) in [4.78, 5) is 24.5. The maximum Gasteiger partial charge on any atom is 0.307 e. The van der Waals surface area contributed by atoms with Crippen LogP contribution in [0.25, 0.3) is 11.0 Å². The van der Waals surface area contributed by atoms with Crippen LogP contribution in [0.1, 0.15) is 6.42 Å². The number of rotatable bonds is 3. The van der Waals surface area contributed by atoms with E-state index in [0.717, 1.165) is 5.39 Å². The Kier molecular flexibility index (Phi) is 2.55. The van der Waals surface area contributed by atoms with Gasteiger partial charge in [-0.3, -0.25) is 9.59 Å². The molecular formula is C14H13NO4. The SMILES string of the molecule is CN(C(=O)C1CC1C(=O)O)c1coc2ccccc12. The number of carboxylic acids is 1. The number of anilines is 1. The van der Waals surface area contributed by atoms with Gasteiger partial charge in [-0.15, -0.1) is 0 Å². The number of furan rings is 1. The van der Waals surface area contributed by atoms with Crippen molar-refractivity contribution in [3.63, 3.8) is 0 Å². The zero-order chi connectivity index (χ0) is 13.6. The molecule has 1 fully saturated rings. The van der Waals surface area contributed by atoms with Crippen LogP contribution in [0.3, 0.4) is 0 Å². The predicted octanol–water partition coefficient (Wildman–Crippen LogP) is 2.12. The van der Waals surface area contributed by atoms with E-state index in [9.17, 15) is 9.59 Å². The van der Waals surface area contributed by atoms with Crippen molar-refractivity contribution in [2.24, 2.45) is 11.8 Å². The van der Waals surface area contributed by atoms with E-state index in [-0.39, 0.29) is 5.91 Å². The molecule has 19 heavy (non-hydrogen) atoms. The Morgan fingerprint density at radius 2 is 2.05 bits per heavy atom. The summed E-state index contributed by atoms with van der Waals surface area (Å²) in [6, 6.07) is 7.43. The molecule has 1 amide bonds. The van der Waals surface area contributed by atoms with Crippen LogP contribution in [0.4, 0.5) is 5.69 Å². The summed E-state index contributed by atoms with van der Waals surface area (Å²) in [5, 5.41) is 9.72. The van der Waals surface area contributed by atoms with Crippen molar-refractivity contribution in [1.29, 1.82) is 0 Å². The number of nitrogens with zero attached hydrogens (tertiary/aromatic N) is 1. The highest BCUT2D eigenvalue weighted by molar-refractivity contribution is 6.05. The van der Waals surface area contributed by atoms with Crippen molar-refractivity contribution >= 4 is 28.5 Å². The first-order chi connectivity index (χ1) is 9.09. The molecule has 1 N–H and O–H groups in total. The Hall–Kier alpha value is -2.30. The molecule has 1 aliphatic rings. The number of carboxylic acid groups (broad SMARTS) is 1. The first-order valence-electron chi connectivity index (χ1n) is 6.06. The van der Waals surface area contributed by atoms with E-state index >= 15 is 0 Å². The summed E-state index contributed by atoms with van der Waals surface area (Å²) < 4.78 is 5.38. The van der Waals surface area contributed by atoms with E-state index in [2.05, 4.69) is 0 Å². The third kappa shape index (κ3) is 1.87. The summed E-state index contributed by atoms with van der Waals surface area (Å²) in [6.07, 6.45) is 1.95. The van der Waals surface area contributed by atoms with Gasteiger partial charge in [0.25, 0.3) is 0 Å². The topological polar surface area (TPSA) is 70.8 Å². The zero-order valence-electron chi connectivity index (χ0n) is 10.4. The summed E-state index contributed by atoms with van der Waals surface area (Å²) in [6.45, 7) is 0. The van der Waals surface area contributed by atoms with E-state index in [1.165, 1.54) is 11.2 Å². The van der Waals surface area contributed by atoms with E-state index < -0.39 is 17.8 Å². The summed E-state index contributed by atoms with van der Waals surface area (Å²) >= 11 is 0. The largest absolute Gasteiger partial charge is 0.481 e. The Bertz CT molecular complexity index is 660. The van der Waals surface area contributed by atoms with Gasteiger partial charge >= 0.3 is 5.97 Å². The van der Waals surface area contributed by atoms with E-state index in [4.69, 9.17) is 9.52 Å². The number of hydrogen-bond acceptors (Lipinski definition) is 3. The van der Waals surface area contributed by atoms with Crippen LogP contribution in [-0.2, 0) is 9.59 Å².